The van der Waals surface area contributed by atoms with Gasteiger partial charge in [-0.3, -0.25) is 4.79 Å². The topological polar surface area (TPSA) is 47.4 Å². The van der Waals surface area contributed by atoms with Crippen molar-refractivity contribution in [3.63, 3.8) is 0 Å². The van der Waals surface area contributed by atoms with Gasteiger partial charge in [-0.05, 0) is 36.8 Å². The molecule has 2 heterocycles. The predicted octanol–water partition coefficient (Wildman–Crippen LogP) is 5.00. The Hall–Kier alpha value is -2.39. The lowest BCUT2D eigenvalue weighted by atomic mass is 10.1. The first-order valence-electron chi connectivity index (χ1n) is 9.16. The van der Waals surface area contributed by atoms with Gasteiger partial charge < -0.3 is 9.64 Å². The molecule has 1 aromatic heterocycles. The Bertz CT molecular complexity index is 1010. The molecule has 0 radical (unpaired) electrons. The molecule has 1 fully saturated rings. The zero-order chi connectivity index (χ0) is 21.3. The van der Waals surface area contributed by atoms with Crippen LogP contribution in [0.5, 0.6) is 5.75 Å². The van der Waals surface area contributed by atoms with E-state index in [0.29, 0.717) is 35.8 Å². The summed E-state index contributed by atoms with van der Waals surface area (Å²) in [7, 11) is 0. The summed E-state index contributed by atoms with van der Waals surface area (Å²) in [6.07, 6.45) is 1.38. The number of hydrogen-bond donors (Lipinski definition) is 0. The minimum atomic E-state index is -4.80. The molecule has 1 amide bonds. The smallest absolute Gasteiger partial charge is 0.406 e. The Morgan fingerprint density at radius 1 is 1.30 bits per heavy atom. The van der Waals surface area contributed by atoms with Gasteiger partial charge in [-0.15, -0.1) is 36.5 Å². The van der Waals surface area contributed by atoms with Crippen LogP contribution >= 0.6 is 23.4 Å². The molecule has 1 atom stereocenters. The van der Waals surface area contributed by atoms with Gasteiger partial charge in [-0.25, -0.2) is 4.68 Å². The minimum Gasteiger partial charge on any atom is -0.406 e. The van der Waals surface area contributed by atoms with Crippen LogP contribution in [0.4, 0.5) is 13.2 Å². The third kappa shape index (κ3) is 4.67. The highest BCUT2D eigenvalue weighted by Crippen LogP contribution is 2.31. The number of allylic oxidation sites excluding steroid dienone is 4. The molecular weight excluding hydrogens is 439 g/mol. The average molecular weight is 456 g/mol. The lowest BCUT2D eigenvalue weighted by molar-refractivity contribution is -0.274. The number of alkyl halides is 4. The van der Waals surface area contributed by atoms with E-state index in [1.165, 1.54) is 22.9 Å². The third-order valence-corrected chi connectivity index (χ3v) is 5.85. The van der Waals surface area contributed by atoms with Crippen LogP contribution in [0.15, 0.2) is 48.6 Å². The van der Waals surface area contributed by atoms with E-state index in [9.17, 15) is 18.0 Å². The number of thioether (sulfide) groups is 1. The largest absolute Gasteiger partial charge is 0.573 e. The van der Waals surface area contributed by atoms with E-state index in [0.717, 1.165) is 5.75 Å². The molecular formula is C20H17ClF3N3O2S. The van der Waals surface area contributed by atoms with E-state index in [1.807, 2.05) is 12.2 Å². The molecule has 1 aliphatic heterocycles. The van der Waals surface area contributed by atoms with Crippen molar-refractivity contribution < 1.29 is 22.7 Å². The van der Waals surface area contributed by atoms with E-state index >= 15 is 0 Å². The maximum Gasteiger partial charge on any atom is 0.573 e. The van der Waals surface area contributed by atoms with Crippen LogP contribution in [0, 0.1) is 0 Å². The normalized spacial score (nSPS) is 19.1. The molecule has 2 aromatic rings. The van der Waals surface area contributed by atoms with E-state index < -0.39 is 6.36 Å². The van der Waals surface area contributed by atoms with E-state index in [4.69, 9.17) is 11.6 Å². The van der Waals surface area contributed by atoms with Crippen LogP contribution < -0.4 is 4.74 Å². The molecule has 0 saturated carbocycles. The van der Waals surface area contributed by atoms with E-state index in [2.05, 4.69) is 9.84 Å². The molecule has 30 heavy (non-hydrogen) atoms. The van der Waals surface area contributed by atoms with Crippen molar-refractivity contribution in [3.8, 4) is 17.0 Å². The van der Waals surface area contributed by atoms with Crippen molar-refractivity contribution in [2.75, 3.05) is 18.2 Å². The lowest BCUT2D eigenvalue weighted by Gasteiger charge is -2.15. The number of aromatic nitrogens is 2. The van der Waals surface area contributed by atoms with Crippen LogP contribution in [-0.4, -0.2) is 50.5 Å². The second-order valence-corrected chi connectivity index (χ2v) is 8.39. The monoisotopic (exact) mass is 455 g/mol. The molecule has 1 aliphatic carbocycles. The SMILES string of the molecule is O=C(c1cc(-c2cccc(OC(F)(F)F)c2)n(C2=CC(Cl)CC=C2)n1)N1CCSC1. The van der Waals surface area contributed by atoms with E-state index in [1.54, 1.807) is 34.9 Å². The number of benzene rings is 1. The Morgan fingerprint density at radius 3 is 2.83 bits per heavy atom. The van der Waals surface area contributed by atoms with Crippen molar-refractivity contribution >= 4 is 35.0 Å². The molecule has 0 N–H and O–H groups in total. The highest BCUT2D eigenvalue weighted by molar-refractivity contribution is 7.99. The summed E-state index contributed by atoms with van der Waals surface area (Å²) in [5, 5.41) is 4.23. The number of rotatable bonds is 4. The van der Waals surface area contributed by atoms with Crippen LogP contribution in [-0.2, 0) is 0 Å². The molecule has 10 heteroatoms. The first-order chi connectivity index (χ1) is 14.3. The minimum absolute atomic E-state index is 0.217. The first kappa shape index (κ1) is 20.9. The van der Waals surface area contributed by atoms with Gasteiger partial charge in [0.15, 0.2) is 5.69 Å². The summed E-state index contributed by atoms with van der Waals surface area (Å²) in [5.41, 5.74) is 1.78. The summed E-state index contributed by atoms with van der Waals surface area (Å²) in [6.45, 7) is 0.632. The van der Waals surface area contributed by atoms with Crippen LogP contribution in [0.1, 0.15) is 16.9 Å². The lowest BCUT2D eigenvalue weighted by Crippen LogP contribution is -2.28. The van der Waals surface area contributed by atoms with Gasteiger partial charge in [-0.2, -0.15) is 5.10 Å². The molecule has 1 saturated heterocycles. The molecule has 0 bridgehead atoms. The number of amides is 1. The highest BCUT2D eigenvalue weighted by atomic mass is 35.5. The molecule has 1 aromatic carbocycles. The van der Waals surface area contributed by atoms with Gasteiger partial charge in [0, 0.05) is 17.9 Å². The molecule has 1 unspecified atom stereocenters. The summed E-state index contributed by atoms with van der Waals surface area (Å²) < 4.78 is 43.5. The molecule has 158 valence electrons. The summed E-state index contributed by atoms with van der Waals surface area (Å²) in [4.78, 5) is 14.5. The number of halogens is 4. The Morgan fingerprint density at radius 2 is 2.13 bits per heavy atom. The Balaban J connectivity index is 1.77. The molecule has 4 rings (SSSR count). The van der Waals surface area contributed by atoms with Gasteiger partial charge in [-0.1, -0.05) is 18.2 Å². The Kier molecular flexibility index (Phi) is 5.84. The molecule has 2 aliphatic rings. The van der Waals surface area contributed by atoms with Crippen LogP contribution in [0.3, 0.4) is 0 Å². The van der Waals surface area contributed by atoms with Crippen LogP contribution in [0.25, 0.3) is 17.0 Å². The number of carbonyl (C=O) groups excluding carboxylic acids is 1. The van der Waals surface area contributed by atoms with Crippen molar-refractivity contribution in [2.45, 2.75) is 18.2 Å². The molecule has 0 spiro atoms. The maximum absolute atomic E-state index is 12.8. The first-order valence-corrected chi connectivity index (χ1v) is 10.8. The second kappa shape index (κ2) is 8.39. The van der Waals surface area contributed by atoms with E-state index in [-0.39, 0.29) is 22.7 Å². The number of carbonyl (C=O) groups is 1. The zero-order valence-electron chi connectivity index (χ0n) is 15.6. The van der Waals surface area contributed by atoms with Gasteiger partial charge in [0.1, 0.15) is 5.75 Å². The van der Waals surface area contributed by atoms with Gasteiger partial charge in [0.25, 0.3) is 5.91 Å². The fraction of sp³-hybridized carbons (Fsp3) is 0.300. The number of nitrogens with zero attached hydrogens (tertiary/aromatic N) is 3. The van der Waals surface area contributed by atoms with Crippen molar-refractivity contribution in [1.29, 1.82) is 0 Å². The summed E-state index contributed by atoms with van der Waals surface area (Å²) in [6, 6.07) is 7.18. The zero-order valence-corrected chi connectivity index (χ0v) is 17.2. The average Bonchev–Trinajstić information content (AvgIpc) is 3.37. The fourth-order valence-electron chi connectivity index (χ4n) is 3.25. The predicted molar refractivity (Wildman–Crippen MR) is 110 cm³/mol. The summed E-state index contributed by atoms with van der Waals surface area (Å²) in [5.74, 6) is 0.880. The van der Waals surface area contributed by atoms with Gasteiger partial charge >= 0.3 is 6.36 Å². The standard InChI is InChI=1S/C20H17ClF3N3O2S/c21-14-4-2-5-15(10-14)27-18(11-17(25-27)19(28)26-7-8-30-12-26)13-3-1-6-16(9-13)29-20(22,23)24/h1-3,5-6,9-11,14H,4,7-8,12H2. The quantitative estimate of drug-likeness (QED) is 0.608. The maximum atomic E-state index is 12.8. The van der Waals surface area contributed by atoms with Gasteiger partial charge in [0.2, 0.25) is 0 Å². The fourth-order valence-corrected chi connectivity index (χ4v) is 4.42. The third-order valence-electron chi connectivity index (χ3n) is 4.58. The molecule has 5 nitrogen and oxygen atoms in total. The van der Waals surface area contributed by atoms with Crippen molar-refractivity contribution in [3.05, 3.63) is 54.3 Å². The van der Waals surface area contributed by atoms with Crippen molar-refractivity contribution in [2.24, 2.45) is 0 Å². The highest BCUT2D eigenvalue weighted by Gasteiger charge is 2.31. The van der Waals surface area contributed by atoms with Crippen molar-refractivity contribution in [1.82, 2.24) is 14.7 Å². The van der Waals surface area contributed by atoms with Crippen LogP contribution in [0.2, 0.25) is 0 Å². The van der Waals surface area contributed by atoms with Gasteiger partial charge in [0.05, 0.1) is 22.6 Å². The summed E-state index contributed by atoms with van der Waals surface area (Å²) >= 11 is 7.89. The Labute approximate surface area is 180 Å². The second-order valence-electron chi connectivity index (χ2n) is 6.75. The number of ether oxygens (including phenoxy) is 1. The number of hydrogen-bond acceptors (Lipinski definition) is 4.